The molecule has 0 aromatic carbocycles. The second-order valence-electron chi connectivity index (χ2n) is 20.9. The Morgan fingerprint density at radius 2 is 1.62 bits per heavy atom. The molecule has 0 bridgehead atoms. The SMILES string of the molecule is C=C(C)C1CCC2(NCCN3CC(C)S(=O)(=O)C(C)C3)CCC3(C)C(CCC4C5(C)CC=C(C6=CCC(CF)(C(=O)O)CC6)C(C)(C)C5CCC43C)C12. The summed E-state index contributed by atoms with van der Waals surface area (Å²) in [4.78, 5) is 14.4. The molecule has 1 aliphatic heterocycles. The first kappa shape index (κ1) is 39.7. The number of nitrogens with one attached hydrogen (secondary N) is 1. The standard InChI is InChI=1S/C45H71FN2O4S/c1-29(2)33-14-21-45(47-24-25-48-26-30(3)53(51,52)31(4)27-48)23-22-42(8)35(38(33)45)10-11-37-41(7)17-15-34(40(5,6)36(41)16-18-43(37,42)9)32-12-19-44(28-46,20-13-32)39(49)50/h12,15,30-31,33,35-38,47H,1,10-11,13-14,16-28H2,2-9H3,(H,49,50). The zero-order valence-corrected chi connectivity index (χ0v) is 35.1. The molecule has 4 saturated carbocycles. The number of hydrogen-bond acceptors (Lipinski definition) is 5. The number of sulfone groups is 1. The summed E-state index contributed by atoms with van der Waals surface area (Å²) in [5.74, 6) is 1.96. The Labute approximate surface area is 321 Å². The Bertz CT molecular complexity index is 1650. The molecule has 8 heteroatoms. The molecule has 5 fully saturated rings. The van der Waals surface area contributed by atoms with Crippen LogP contribution in [-0.2, 0) is 14.6 Å². The van der Waals surface area contributed by atoms with E-state index in [1.165, 1.54) is 68.1 Å². The van der Waals surface area contributed by atoms with Gasteiger partial charge < -0.3 is 10.4 Å². The van der Waals surface area contributed by atoms with Gasteiger partial charge in [-0.25, -0.2) is 12.8 Å². The molecule has 2 N–H and O–H groups in total. The Hall–Kier alpha value is -1.51. The first-order chi connectivity index (χ1) is 24.7. The summed E-state index contributed by atoms with van der Waals surface area (Å²) in [6.07, 6.45) is 16.9. The van der Waals surface area contributed by atoms with E-state index in [0.717, 1.165) is 19.5 Å². The molecular weight excluding hydrogens is 684 g/mol. The van der Waals surface area contributed by atoms with E-state index in [-0.39, 0.29) is 44.1 Å². The fraction of sp³-hybridized carbons (Fsp3) is 0.844. The molecular formula is C45H71FN2O4S. The third kappa shape index (κ3) is 5.77. The fourth-order valence-electron chi connectivity index (χ4n) is 15.2. The molecule has 6 aliphatic carbocycles. The lowest BCUT2D eigenvalue weighted by Crippen LogP contribution is -2.68. The van der Waals surface area contributed by atoms with Gasteiger partial charge in [-0.15, -0.1) is 0 Å². The van der Waals surface area contributed by atoms with Crippen LogP contribution in [0.1, 0.15) is 132 Å². The van der Waals surface area contributed by atoms with Crippen LogP contribution < -0.4 is 5.32 Å². The number of fused-ring (bicyclic) bond motifs is 7. The summed E-state index contributed by atoms with van der Waals surface area (Å²) in [5.41, 5.74) is 3.55. The van der Waals surface area contributed by atoms with Gasteiger partial charge in [-0.05, 0) is 160 Å². The molecule has 53 heavy (non-hydrogen) atoms. The molecule has 1 saturated heterocycles. The van der Waals surface area contributed by atoms with Gasteiger partial charge in [0.1, 0.15) is 6.67 Å². The summed E-state index contributed by atoms with van der Waals surface area (Å²) < 4.78 is 39.4. The van der Waals surface area contributed by atoms with Crippen molar-refractivity contribution in [1.82, 2.24) is 10.2 Å². The Kier molecular flexibility index (Phi) is 9.95. The highest BCUT2D eigenvalue weighted by molar-refractivity contribution is 7.92. The monoisotopic (exact) mass is 755 g/mol. The van der Waals surface area contributed by atoms with Crippen LogP contribution >= 0.6 is 0 Å². The summed E-state index contributed by atoms with van der Waals surface area (Å²) in [6, 6.07) is 0. The van der Waals surface area contributed by atoms with E-state index in [0.29, 0.717) is 55.5 Å². The third-order valence-corrected chi connectivity index (χ3v) is 20.9. The fourth-order valence-corrected chi connectivity index (χ4v) is 16.8. The number of allylic oxidation sites excluding steroid dienone is 5. The van der Waals surface area contributed by atoms with Crippen LogP contribution in [0.15, 0.2) is 35.5 Å². The molecule has 7 rings (SSSR count). The van der Waals surface area contributed by atoms with Crippen molar-refractivity contribution in [3.63, 3.8) is 0 Å². The average molecular weight is 755 g/mol. The zero-order valence-electron chi connectivity index (χ0n) is 34.3. The second kappa shape index (κ2) is 13.3. The first-order valence-corrected chi connectivity index (χ1v) is 22.9. The van der Waals surface area contributed by atoms with E-state index >= 15 is 0 Å². The highest BCUT2D eigenvalue weighted by Crippen LogP contribution is 2.76. The lowest BCUT2D eigenvalue weighted by Gasteiger charge is -2.72. The smallest absolute Gasteiger partial charge is 0.312 e. The lowest BCUT2D eigenvalue weighted by molar-refractivity contribution is -0.221. The Morgan fingerprint density at radius 3 is 2.23 bits per heavy atom. The van der Waals surface area contributed by atoms with Crippen LogP contribution in [0.4, 0.5) is 4.39 Å². The van der Waals surface area contributed by atoms with Crippen molar-refractivity contribution in [1.29, 1.82) is 0 Å². The molecule has 0 spiro atoms. The molecule has 1 heterocycles. The summed E-state index contributed by atoms with van der Waals surface area (Å²) in [5, 5.41) is 13.5. The number of aliphatic carboxylic acids is 1. The number of carboxylic acid groups (broad SMARTS) is 1. The zero-order chi connectivity index (χ0) is 38.6. The van der Waals surface area contributed by atoms with E-state index in [9.17, 15) is 22.7 Å². The number of carbonyl (C=O) groups is 1. The van der Waals surface area contributed by atoms with Gasteiger partial charge in [0.15, 0.2) is 9.84 Å². The van der Waals surface area contributed by atoms with Crippen molar-refractivity contribution in [3.8, 4) is 0 Å². The molecule has 0 radical (unpaired) electrons. The van der Waals surface area contributed by atoms with Gasteiger partial charge in [-0.1, -0.05) is 58.9 Å². The average Bonchev–Trinajstić information content (AvgIpc) is 3.47. The maximum absolute atomic E-state index is 14.0. The topological polar surface area (TPSA) is 86.7 Å². The summed E-state index contributed by atoms with van der Waals surface area (Å²) in [6.45, 7) is 25.8. The maximum Gasteiger partial charge on any atom is 0.312 e. The minimum Gasteiger partial charge on any atom is -0.481 e. The van der Waals surface area contributed by atoms with Crippen molar-refractivity contribution in [3.05, 3.63) is 35.5 Å². The van der Waals surface area contributed by atoms with Gasteiger partial charge in [0.25, 0.3) is 0 Å². The van der Waals surface area contributed by atoms with Gasteiger partial charge >= 0.3 is 5.97 Å². The quantitative estimate of drug-likeness (QED) is 0.241. The number of carboxylic acids is 1. The van der Waals surface area contributed by atoms with Crippen LogP contribution in [0.2, 0.25) is 0 Å². The van der Waals surface area contributed by atoms with Gasteiger partial charge in [0.2, 0.25) is 0 Å². The first-order valence-electron chi connectivity index (χ1n) is 21.3. The van der Waals surface area contributed by atoms with Crippen molar-refractivity contribution >= 4 is 15.8 Å². The minimum atomic E-state index is -3.03. The summed E-state index contributed by atoms with van der Waals surface area (Å²) in [7, 11) is -3.03. The Morgan fingerprint density at radius 1 is 0.925 bits per heavy atom. The van der Waals surface area contributed by atoms with E-state index in [1.807, 2.05) is 13.8 Å². The van der Waals surface area contributed by atoms with Crippen molar-refractivity contribution in [2.75, 3.05) is 32.9 Å². The van der Waals surface area contributed by atoms with Gasteiger partial charge in [-0.2, -0.15) is 0 Å². The van der Waals surface area contributed by atoms with E-state index in [1.54, 1.807) is 0 Å². The Balaban J connectivity index is 1.13. The van der Waals surface area contributed by atoms with E-state index in [4.69, 9.17) is 0 Å². The van der Waals surface area contributed by atoms with Gasteiger partial charge in [-0.3, -0.25) is 9.69 Å². The van der Waals surface area contributed by atoms with Crippen LogP contribution in [0.5, 0.6) is 0 Å². The van der Waals surface area contributed by atoms with Crippen LogP contribution in [0, 0.1) is 56.7 Å². The molecule has 12 unspecified atom stereocenters. The van der Waals surface area contributed by atoms with Gasteiger partial charge in [0.05, 0.1) is 15.9 Å². The molecule has 12 atom stereocenters. The lowest BCUT2D eigenvalue weighted by atomic mass is 9.33. The van der Waals surface area contributed by atoms with E-state index in [2.05, 4.69) is 70.5 Å². The van der Waals surface area contributed by atoms with Crippen molar-refractivity contribution in [2.45, 2.75) is 148 Å². The number of rotatable bonds is 8. The molecule has 0 aromatic heterocycles. The molecule has 7 aliphatic rings. The molecule has 6 nitrogen and oxygen atoms in total. The van der Waals surface area contributed by atoms with Crippen LogP contribution in [-0.4, -0.2) is 73.3 Å². The predicted octanol–water partition coefficient (Wildman–Crippen LogP) is 9.18. The molecule has 298 valence electrons. The highest BCUT2D eigenvalue weighted by atomic mass is 32.2. The third-order valence-electron chi connectivity index (χ3n) is 18.4. The van der Waals surface area contributed by atoms with Crippen molar-refractivity contribution < 1.29 is 22.7 Å². The number of nitrogens with zero attached hydrogens (tertiary/aromatic N) is 1. The molecule has 0 amide bonds. The number of hydrogen-bond donors (Lipinski definition) is 2. The number of alkyl halides is 1. The second-order valence-corrected chi connectivity index (χ2v) is 23.7. The van der Waals surface area contributed by atoms with E-state index < -0.39 is 27.9 Å². The molecule has 0 aromatic rings. The highest BCUT2D eigenvalue weighted by Gasteiger charge is 2.70. The minimum absolute atomic E-state index is 0.0207. The van der Waals surface area contributed by atoms with Crippen LogP contribution in [0.3, 0.4) is 0 Å². The normalized spacial score (nSPS) is 47.6. The maximum atomic E-state index is 14.0. The predicted molar refractivity (Wildman–Crippen MR) is 213 cm³/mol. The van der Waals surface area contributed by atoms with Crippen LogP contribution in [0.25, 0.3) is 0 Å². The largest absolute Gasteiger partial charge is 0.481 e. The summed E-state index contributed by atoms with van der Waals surface area (Å²) >= 11 is 0. The van der Waals surface area contributed by atoms with Crippen molar-refractivity contribution in [2.24, 2.45) is 56.7 Å². The number of halogens is 1. The van der Waals surface area contributed by atoms with Gasteiger partial charge in [0, 0.05) is 31.7 Å².